The Hall–Kier alpha value is -0.900. The fraction of sp³-hybridized carbons (Fsp3) is 0.800. The number of aliphatic hydroxyl groups excluding tert-OH is 1. The van der Waals surface area contributed by atoms with Crippen LogP contribution in [0.3, 0.4) is 0 Å². The van der Waals surface area contributed by atoms with Gasteiger partial charge in [0.05, 0.1) is 0 Å². The molecular weight excluding hydrogens is 178 g/mol. The van der Waals surface area contributed by atoms with Crippen LogP contribution in [0.25, 0.3) is 0 Å². The molecule has 1 aromatic heterocycles. The quantitative estimate of drug-likeness (QED) is 0.775. The van der Waals surface area contributed by atoms with Crippen LogP contribution in [-0.4, -0.2) is 26.5 Å². The molecule has 1 atom stereocenters. The highest BCUT2D eigenvalue weighted by Crippen LogP contribution is 2.17. The molecule has 1 aromatic rings. The fourth-order valence-electron chi connectivity index (χ4n) is 1.86. The SMILES string of the molecule is CC1CCc2nc(CCCO)nn2C1. The van der Waals surface area contributed by atoms with Gasteiger partial charge in [0.25, 0.3) is 0 Å². The number of aliphatic hydroxyl groups is 1. The number of fused-ring (bicyclic) bond motifs is 1. The van der Waals surface area contributed by atoms with Gasteiger partial charge in [-0.1, -0.05) is 6.92 Å². The molecule has 0 saturated heterocycles. The number of rotatable bonds is 3. The van der Waals surface area contributed by atoms with Gasteiger partial charge in [-0.3, -0.25) is 0 Å². The summed E-state index contributed by atoms with van der Waals surface area (Å²) in [6.45, 7) is 3.47. The van der Waals surface area contributed by atoms with Crippen LogP contribution < -0.4 is 0 Å². The van der Waals surface area contributed by atoms with Crippen LogP contribution in [0.4, 0.5) is 0 Å². The molecule has 78 valence electrons. The Balaban J connectivity index is 2.07. The van der Waals surface area contributed by atoms with Crippen molar-refractivity contribution in [3.8, 4) is 0 Å². The summed E-state index contributed by atoms with van der Waals surface area (Å²) in [6, 6.07) is 0. The Morgan fingerprint density at radius 3 is 3.21 bits per heavy atom. The summed E-state index contributed by atoms with van der Waals surface area (Å²) in [6.07, 6.45) is 3.83. The summed E-state index contributed by atoms with van der Waals surface area (Å²) in [4.78, 5) is 4.46. The normalized spacial score (nSPS) is 20.9. The van der Waals surface area contributed by atoms with Crippen LogP contribution in [0.2, 0.25) is 0 Å². The predicted molar refractivity (Wildman–Crippen MR) is 52.9 cm³/mol. The van der Waals surface area contributed by atoms with E-state index in [4.69, 9.17) is 5.11 Å². The van der Waals surface area contributed by atoms with E-state index >= 15 is 0 Å². The standard InChI is InChI=1S/C10H17N3O/c1-8-4-5-10-11-9(3-2-6-14)12-13(10)7-8/h8,14H,2-7H2,1H3. The maximum atomic E-state index is 8.71. The second kappa shape index (κ2) is 4.09. The van der Waals surface area contributed by atoms with Crippen LogP contribution >= 0.6 is 0 Å². The molecule has 0 radical (unpaired) electrons. The highest BCUT2D eigenvalue weighted by Gasteiger charge is 2.17. The first-order valence-corrected chi connectivity index (χ1v) is 5.33. The average molecular weight is 195 g/mol. The van der Waals surface area contributed by atoms with E-state index in [2.05, 4.69) is 17.0 Å². The summed E-state index contributed by atoms with van der Waals surface area (Å²) in [5, 5.41) is 13.1. The third kappa shape index (κ3) is 1.95. The molecule has 4 heteroatoms. The molecule has 4 nitrogen and oxygen atoms in total. The largest absolute Gasteiger partial charge is 0.396 e. The van der Waals surface area contributed by atoms with Crippen molar-refractivity contribution >= 4 is 0 Å². The van der Waals surface area contributed by atoms with Gasteiger partial charge >= 0.3 is 0 Å². The van der Waals surface area contributed by atoms with Gasteiger partial charge in [0.1, 0.15) is 5.82 Å². The van der Waals surface area contributed by atoms with E-state index < -0.39 is 0 Å². The Morgan fingerprint density at radius 1 is 1.57 bits per heavy atom. The van der Waals surface area contributed by atoms with E-state index in [1.54, 1.807) is 0 Å². The fourth-order valence-corrected chi connectivity index (χ4v) is 1.86. The van der Waals surface area contributed by atoms with E-state index in [-0.39, 0.29) is 6.61 Å². The van der Waals surface area contributed by atoms with Crippen LogP contribution in [0, 0.1) is 5.92 Å². The molecule has 1 N–H and O–H groups in total. The van der Waals surface area contributed by atoms with Crippen LogP contribution in [0.1, 0.15) is 31.4 Å². The van der Waals surface area contributed by atoms with Gasteiger partial charge in [0, 0.05) is 26.0 Å². The number of aromatic nitrogens is 3. The Kier molecular flexibility index (Phi) is 2.82. The lowest BCUT2D eigenvalue weighted by molar-refractivity contribution is 0.287. The first kappa shape index (κ1) is 9.65. The zero-order valence-corrected chi connectivity index (χ0v) is 8.61. The number of aryl methyl sites for hydroxylation is 2. The summed E-state index contributed by atoms with van der Waals surface area (Å²) >= 11 is 0. The van der Waals surface area contributed by atoms with Crippen LogP contribution in [-0.2, 0) is 19.4 Å². The zero-order chi connectivity index (χ0) is 9.97. The minimum absolute atomic E-state index is 0.222. The van der Waals surface area contributed by atoms with Crippen molar-refractivity contribution in [2.75, 3.05) is 6.61 Å². The first-order valence-electron chi connectivity index (χ1n) is 5.33. The molecule has 14 heavy (non-hydrogen) atoms. The molecular formula is C10H17N3O. The smallest absolute Gasteiger partial charge is 0.151 e. The topological polar surface area (TPSA) is 50.9 Å². The highest BCUT2D eigenvalue weighted by molar-refractivity contribution is 4.96. The minimum atomic E-state index is 0.222. The number of nitrogens with zero attached hydrogens (tertiary/aromatic N) is 3. The molecule has 2 heterocycles. The third-order valence-electron chi connectivity index (χ3n) is 2.70. The van der Waals surface area contributed by atoms with Crippen molar-refractivity contribution in [2.24, 2.45) is 5.92 Å². The molecule has 0 aromatic carbocycles. The highest BCUT2D eigenvalue weighted by atomic mass is 16.2. The van der Waals surface area contributed by atoms with Crippen LogP contribution in [0.15, 0.2) is 0 Å². The molecule has 1 aliphatic heterocycles. The van der Waals surface area contributed by atoms with Gasteiger partial charge in [-0.25, -0.2) is 9.67 Å². The van der Waals surface area contributed by atoms with Gasteiger partial charge in [-0.05, 0) is 18.8 Å². The summed E-state index contributed by atoms with van der Waals surface area (Å²) in [7, 11) is 0. The number of hydrogen-bond donors (Lipinski definition) is 1. The summed E-state index contributed by atoms with van der Waals surface area (Å²) in [5.41, 5.74) is 0. The van der Waals surface area contributed by atoms with E-state index in [9.17, 15) is 0 Å². The molecule has 0 fully saturated rings. The molecule has 2 rings (SSSR count). The van der Waals surface area contributed by atoms with Gasteiger partial charge in [0.15, 0.2) is 5.82 Å². The second-order valence-electron chi connectivity index (χ2n) is 4.10. The van der Waals surface area contributed by atoms with Crippen molar-refractivity contribution in [3.63, 3.8) is 0 Å². The molecule has 0 spiro atoms. The lowest BCUT2D eigenvalue weighted by Gasteiger charge is -2.17. The maximum absolute atomic E-state index is 8.71. The van der Waals surface area contributed by atoms with E-state index in [1.165, 1.54) is 6.42 Å². The first-order chi connectivity index (χ1) is 6.79. The number of hydrogen-bond acceptors (Lipinski definition) is 3. The Bertz CT molecular complexity index is 308. The second-order valence-corrected chi connectivity index (χ2v) is 4.10. The van der Waals surface area contributed by atoms with Crippen LogP contribution in [0.5, 0.6) is 0 Å². The summed E-state index contributed by atoms with van der Waals surface area (Å²) < 4.78 is 2.03. The monoisotopic (exact) mass is 195 g/mol. The molecule has 0 bridgehead atoms. The van der Waals surface area contributed by atoms with Crippen molar-refractivity contribution in [2.45, 2.75) is 39.2 Å². The van der Waals surface area contributed by atoms with Gasteiger partial charge < -0.3 is 5.11 Å². The minimum Gasteiger partial charge on any atom is -0.396 e. The molecule has 0 saturated carbocycles. The predicted octanol–water partition coefficient (Wildman–Crippen LogP) is 0.785. The lowest BCUT2D eigenvalue weighted by atomic mass is 10.0. The molecule has 0 amide bonds. The Morgan fingerprint density at radius 2 is 2.43 bits per heavy atom. The van der Waals surface area contributed by atoms with E-state index in [0.29, 0.717) is 0 Å². The van der Waals surface area contributed by atoms with Gasteiger partial charge in [-0.2, -0.15) is 5.10 Å². The molecule has 0 aliphatic carbocycles. The van der Waals surface area contributed by atoms with Gasteiger partial charge in [0.2, 0.25) is 0 Å². The van der Waals surface area contributed by atoms with Crippen molar-refractivity contribution in [1.29, 1.82) is 0 Å². The van der Waals surface area contributed by atoms with E-state index in [0.717, 1.165) is 43.4 Å². The van der Waals surface area contributed by atoms with E-state index in [1.807, 2.05) is 4.68 Å². The zero-order valence-electron chi connectivity index (χ0n) is 8.61. The third-order valence-corrected chi connectivity index (χ3v) is 2.70. The van der Waals surface area contributed by atoms with Gasteiger partial charge in [-0.15, -0.1) is 0 Å². The maximum Gasteiger partial charge on any atom is 0.151 e. The lowest BCUT2D eigenvalue weighted by Crippen LogP contribution is -2.18. The van der Waals surface area contributed by atoms with Crippen molar-refractivity contribution < 1.29 is 5.11 Å². The average Bonchev–Trinajstić information content (AvgIpc) is 2.56. The molecule has 1 unspecified atom stereocenters. The van der Waals surface area contributed by atoms with Crippen molar-refractivity contribution in [3.05, 3.63) is 11.6 Å². The Labute approximate surface area is 84.0 Å². The van der Waals surface area contributed by atoms with Crippen molar-refractivity contribution in [1.82, 2.24) is 14.8 Å². The molecule has 1 aliphatic rings. The summed E-state index contributed by atoms with van der Waals surface area (Å²) in [5.74, 6) is 2.73.